The molecule has 0 aliphatic carbocycles. The summed E-state index contributed by atoms with van der Waals surface area (Å²) in [6, 6.07) is 11.8. The van der Waals surface area contributed by atoms with Crippen molar-refractivity contribution in [2.45, 2.75) is 6.92 Å². The van der Waals surface area contributed by atoms with Crippen molar-refractivity contribution < 1.29 is 9.18 Å². The second-order valence-electron chi connectivity index (χ2n) is 5.36. The number of hydrogen-bond donors (Lipinski definition) is 2. The maximum absolute atomic E-state index is 13.8. The van der Waals surface area contributed by atoms with Crippen molar-refractivity contribution in [1.82, 2.24) is 15.3 Å². The minimum Gasteiger partial charge on any atom is -0.368 e. The second-order valence-corrected chi connectivity index (χ2v) is 5.36. The number of nitrogens with zero attached hydrogens (tertiary/aromatic N) is 2. The van der Waals surface area contributed by atoms with Crippen molar-refractivity contribution in [3.05, 3.63) is 65.7 Å². The molecule has 0 unspecified atom stereocenters. The van der Waals surface area contributed by atoms with Crippen molar-refractivity contribution in [2.24, 2.45) is 0 Å². The number of nitrogens with one attached hydrogen (secondary N) is 2. The van der Waals surface area contributed by atoms with Gasteiger partial charge >= 0.3 is 0 Å². The van der Waals surface area contributed by atoms with E-state index in [2.05, 4.69) is 20.6 Å². The van der Waals surface area contributed by atoms with E-state index < -0.39 is 5.82 Å². The molecule has 5 nitrogen and oxygen atoms in total. The Morgan fingerprint density at radius 2 is 2.00 bits per heavy atom. The topological polar surface area (TPSA) is 66.9 Å². The van der Waals surface area contributed by atoms with Gasteiger partial charge in [0, 0.05) is 24.7 Å². The molecule has 2 heterocycles. The third-order valence-electron chi connectivity index (χ3n) is 3.62. The Balaban J connectivity index is 1.59. The van der Waals surface area contributed by atoms with E-state index in [0.717, 1.165) is 11.4 Å². The second kappa shape index (κ2) is 7.04. The highest BCUT2D eigenvalue weighted by Gasteiger charge is 2.09. The highest BCUT2D eigenvalue weighted by molar-refractivity contribution is 5.94. The van der Waals surface area contributed by atoms with E-state index in [0.29, 0.717) is 18.5 Å². The van der Waals surface area contributed by atoms with Gasteiger partial charge in [-0.3, -0.25) is 4.79 Å². The SMILES string of the molecule is Cc1cccnc1NCCNC(=O)c1ccc2cccc(F)c2n1. The Bertz CT molecular complexity index is 882. The fourth-order valence-corrected chi connectivity index (χ4v) is 2.36. The standard InChI is InChI=1S/C18H17FN4O/c1-12-4-3-9-20-17(12)21-10-11-22-18(24)15-8-7-13-5-2-6-14(19)16(13)23-15/h2-9H,10-11H2,1H3,(H,20,21)(H,22,24). The molecule has 0 aliphatic rings. The monoisotopic (exact) mass is 324 g/mol. The molecule has 0 saturated carbocycles. The predicted molar refractivity (Wildman–Crippen MR) is 91.5 cm³/mol. The van der Waals surface area contributed by atoms with Gasteiger partial charge in [0.15, 0.2) is 0 Å². The molecule has 0 saturated heterocycles. The van der Waals surface area contributed by atoms with Gasteiger partial charge in [-0.1, -0.05) is 24.3 Å². The van der Waals surface area contributed by atoms with Crippen LogP contribution in [0.1, 0.15) is 16.1 Å². The van der Waals surface area contributed by atoms with Gasteiger partial charge in [0.2, 0.25) is 0 Å². The zero-order valence-electron chi connectivity index (χ0n) is 13.2. The van der Waals surface area contributed by atoms with Crippen LogP contribution in [0.2, 0.25) is 0 Å². The smallest absolute Gasteiger partial charge is 0.269 e. The molecular formula is C18H17FN4O. The summed E-state index contributed by atoms with van der Waals surface area (Å²) in [7, 11) is 0. The molecule has 122 valence electrons. The first-order valence-corrected chi connectivity index (χ1v) is 7.64. The molecule has 0 aliphatic heterocycles. The average Bonchev–Trinajstić information content (AvgIpc) is 2.60. The highest BCUT2D eigenvalue weighted by atomic mass is 19.1. The van der Waals surface area contributed by atoms with E-state index in [4.69, 9.17) is 0 Å². The lowest BCUT2D eigenvalue weighted by atomic mass is 10.2. The molecule has 0 radical (unpaired) electrons. The number of carbonyl (C=O) groups is 1. The normalized spacial score (nSPS) is 10.6. The Kier molecular flexibility index (Phi) is 4.65. The van der Waals surface area contributed by atoms with Gasteiger partial charge in [-0.2, -0.15) is 0 Å². The van der Waals surface area contributed by atoms with Gasteiger partial charge in [-0.15, -0.1) is 0 Å². The molecule has 2 aromatic heterocycles. The fourth-order valence-electron chi connectivity index (χ4n) is 2.36. The quantitative estimate of drug-likeness (QED) is 0.708. The number of amides is 1. The van der Waals surface area contributed by atoms with E-state index in [1.54, 1.807) is 30.5 Å². The Morgan fingerprint density at radius 1 is 1.12 bits per heavy atom. The fraction of sp³-hybridized carbons (Fsp3) is 0.167. The van der Waals surface area contributed by atoms with E-state index in [1.165, 1.54) is 6.07 Å². The third kappa shape index (κ3) is 3.48. The summed E-state index contributed by atoms with van der Waals surface area (Å²) in [5, 5.41) is 6.58. The van der Waals surface area contributed by atoms with Crippen LogP contribution in [0.15, 0.2) is 48.7 Å². The number of para-hydroxylation sites is 1. The summed E-state index contributed by atoms with van der Waals surface area (Å²) in [5.74, 6) is 0.0202. The lowest BCUT2D eigenvalue weighted by Gasteiger charge is -2.09. The van der Waals surface area contributed by atoms with Gasteiger partial charge in [0.1, 0.15) is 22.8 Å². The number of carbonyl (C=O) groups excluding carboxylic acids is 1. The van der Waals surface area contributed by atoms with Crippen molar-refractivity contribution in [1.29, 1.82) is 0 Å². The van der Waals surface area contributed by atoms with E-state index >= 15 is 0 Å². The Labute approximate surface area is 138 Å². The van der Waals surface area contributed by atoms with Crippen LogP contribution >= 0.6 is 0 Å². The van der Waals surface area contributed by atoms with Crippen LogP contribution in [-0.2, 0) is 0 Å². The van der Waals surface area contributed by atoms with Crippen LogP contribution in [0.4, 0.5) is 10.2 Å². The number of fused-ring (bicyclic) bond motifs is 1. The number of aromatic nitrogens is 2. The first kappa shape index (κ1) is 15.9. The molecule has 2 N–H and O–H groups in total. The first-order chi connectivity index (χ1) is 11.6. The minimum absolute atomic E-state index is 0.196. The van der Waals surface area contributed by atoms with E-state index in [-0.39, 0.29) is 17.1 Å². The molecule has 1 amide bonds. The average molecular weight is 324 g/mol. The first-order valence-electron chi connectivity index (χ1n) is 7.64. The molecule has 1 aromatic carbocycles. The third-order valence-corrected chi connectivity index (χ3v) is 3.62. The maximum Gasteiger partial charge on any atom is 0.269 e. The van der Waals surface area contributed by atoms with Crippen LogP contribution < -0.4 is 10.6 Å². The summed E-state index contributed by atoms with van der Waals surface area (Å²) >= 11 is 0. The van der Waals surface area contributed by atoms with Gasteiger partial charge in [-0.05, 0) is 30.7 Å². The van der Waals surface area contributed by atoms with Crippen molar-refractivity contribution in [3.8, 4) is 0 Å². The predicted octanol–water partition coefficient (Wildman–Crippen LogP) is 2.92. The van der Waals surface area contributed by atoms with Crippen LogP contribution in [-0.4, -0.2) is 29.0 Å². The van der Waals surface area contributed by atoms with Gasteiger partial charge in [0.05, 0.1) is 0 Å². The number of halogens is 1. The molecular weight excluding hydrogens is 307 g/mol. The van der Waals surface area contributed by atoms with Gasteiger partial charge < -0.3 is 10.6 Å². The summed E-state index contributed by atoms with van der Waals surface area (Å²) in [6.07, 6.45) is 1.71. The van der Waals surface area contributed by atoms with E-state index in [9.17, 15) is 9.18 Å². The lowest BCUT2D eigenvalue weighted by molar-refractivity contribution is 0.0950. The van der Waals surface area contributed by atoms with Crippen LogP contribution in [0.5, 0.6) is 0 Å². The summed E-state index contributed by atoms with van der Waals surface area (Å²) in [5.41, 5.74) is 1.43. The van der Waals surface area contributed by atoms with Crippen LogP contribution in [0.25, 0.3) is 10.9 Å². The maximum atomic E-state index is 13.8. The molecule has 0 atom stereocenters. The van der Waals surface area contributed by atoms with Gasteiger partial charge in [0.25, 0.3) is 5.91 Å². The molecule has 24 heavy (non-hydrogen) atoms. The molecule has 3 aromatic rings. The Morgan fingerprint density at radius 3 is 2.83 bits per heavy atom. The molecule has 3 rings (SSSR count). The zero-order chi connectivity index (χ0) is 16.9. The highest BCUT2D eigenvalue weighted by Crippen LogP contribution is 2.15. The number of aryl methyl sites for hydroxylation is 1. The molecule has 6 heteroatoms. The number of hydrogen-bond acceptors (Lipinski definition) is 4. The number of pyridine rings is 2. The lowest BCUT2D eigenvalue weighted by Crippen LogP contribution is -2.29. The molecule has 0 fully saturated rings. The minimum atomic E-state index is -0.436. The number of anilines is 1. The summed E-state index contributed by atoms with van der Waals surface area (Å²) < 4.78 is 13.8. The van der Waals surface area contributed by atoms with E-state index in [1.807, 2.05) is 19.1 Å². The van der Waals surface area contributed by atoms with Crippen molar-refractivity contribution in [2.75, 3.05) is 18.4 Å². The zero-order valence-corrected chi connectivity index (χ0v) is 13.2. The van der Waals surface area contributed by atoms with Crippen molar-refractivity contribution in [3.63, 3.8) is 0 Å². The van der Waals surface area contributed by atoms with Crippen LogP contribution in [0.3, 0.4) is 0 Å². The molecule has 0 bridgehead atoms. The van der Waals surface area contributed by atoms with Crippen LogP contribution in [0, 0.1) is 12.7 Å². The largest absolute Gasteiger partial charge is 0.368 e. The summed E-state index contributed by atoms with van der Waals surface area (Å²) in [6.45, 7) is 2.90. The Hall–Kier alpha value is -3.02. The summed E-state index contributed by atoms with van der Waals surface area (Å²) in [4.78, 5) is 20.5. The van der Waals surface area contributed by atoms with Gasteiger partial charge in [-0.25, -0.2) is 14.4 Å². The number of benzene rings is 1. The van der Waals surface area contributed by atoms with Crippen molar-refractivity contribution >= 4 is 22.6 Å². The number of rotatable bonds is 5. The molecule has 0 spiro atoms.